The van der Waals surface area contributed by atoms with E-state index in [1.807, 2.05) is 9.80 Å². The zero-order chi connectivity index (χ0) is 18.4. The van der Waals surface area contributed by atoms with E-state index in [0.29, 0.717) is 18.5 Å². The minimum atomic E-state index is -0.0107. The van der Waals surface area contributed by atoms with Crippen molar-refractivity contribution in [2.45, 2.75) is 64.3 Å². The average molecular weight is 401 g/mol. The van der Waals surface area contributed by atoms with Crippen LogP contribution in [0.4, 0.5) is 4.79 Å². The summed E-state index contributed by atoms with van der Waals surface area (Å²) in [5.41, 5.74) is 0. The average Bonchev–Trinajstić information content (AvgIpc) is 3.19. The number of rotatable bonds is 5. The van der Waals surface area contributed by atoms with Crippen molar-refractivity contribution >= 4 is 24.3 Å². The number of urea groups is 1. The zero-order valence-corrected chi connectivity index (χ0v) is 17.6. The fourth-order valence-electron chi connectivity index (χ4n) is 4.66. The van der Waals surface area contributed by atoms with Crippen molar-refractivity contribution in [3.8, 4) is 0 Å². The van der Waals surface area contributed by atoms with Crippen LogP contribution in [-0.4, -0.2) is 67.0 Å². The first kappa shape index (κ1) is 22.3. The number of hydrogen-bond donors (Lipinski definition) is 2. The Morgan fingerprint density at radius 1 is 0.926 bits per heavy atom. The van der Waals surface area contributed by atoms with Crippen LogP contribution in [0.15, 0.2) is 0 Å². The minimum Gasteiger partial charge on any atom is -0.342 e. The van der Waals surface area contributed by atoms with E-state index in [-0.39, 0.29) is 30.3 Å². The number of carbonyl (C=O) groups excluding carboxylic acids is 2. The molecule has 0 spiro atoms. The number of halogens is 1. The summed E-state index contributed by atoms with van der Waals surface area (Å²) in [7, 11) is 0. The highest BCUT2D eigenvalue weighted by Crippen LogP contribution is 2.24. The fourth-order valence-corrected chi connectivity index (χ4v) is 4.66. The maximum atomic E-state index is 12.9. The molecule has 0 aromatic heterocycles. The van der Waals surface area contributed by atoms with Crippen LogP contribution >= 0.6 is 12.4 Å². The Morgan fingerprint density at radius 3 is 2.30 bits per heavy atom. The number of amides is 3. The first-order valence-electron chi connectivity index (χ1n) is 10.7. The molecule has 0 bridgehead atoms. The number of nitrogens with one attached hydrogen (secondary N) is 2. The molecular formula is C20H37ClN4O2. The molecule has 3 amide bonds. The van der Waals surface area contributed by atoms with E-state index in [4.69, 9.17) is 0 Å². The second kappa shape index (κ2) is 11.1. The number of nitrogens with zero attached hydrogens (tertiary/aromatic N) is 2. The van der Waals surface area contributed by atoms with Gasteiger partial charge in [0.25, 0.3) is 0 Å². The summed E-state index contributed by atoms with van der Waals surface area (Å²) in [5.74, 6) is 0.952. The highest BCUT2D eigenvalue weighted by molar-refractivity contribution is 5.85. The molecule has 1 atom stereocenters. The standard InChI is InChI=1S/C20H36N4O2.ClH/c1-2-21-14-16-9-12-23(13-10-16)19(25)17-6-5-11-24(15-17)20(26)22-18-7-3-4-8-18;/h16-18,21H,2-15H2,1H3,(H,22,26);1H. The molecule has 3 fully saturated rings. The third-order valence-corrected chi connectivity index (χ3v) is 6.35. The summed E-state index contributed by atoms with van der Waals surface area (Å²) < 4.78 is 0. The van der Waals surface area contributed by atoms with E-state index in [1.54, 1.807) is 0 Å². The van der Waals surface area contributed by atoms with Gasteiger partial charge in [-0.15, -0.1) is 12.4 Å². The van der Waals surface area contributed by atoms with Crippen molar-refractivity contribution in [2.75, 3.05) is 39.3 Å². The van der Waals surface area contributed by atoms with Gasteiger partial charge in [-0.05, 0) is 57.5 Å². The van der Waals surface area contributed by atoms with Gasteiger partial charge < -0.3 is 20.4 Å². The summed E-state index contributed by atoms with van der Waals surface area (Å²) in [5, 5.41) is 6.59. The molecule has 2 aliphatic heterocycles. The highest BCUT2D eigenvalue weighted by Gasteiger charge is 2.33. The highest BCUT2D eigenvalue weighted by atomic mass is 35.5. The Labute approximate surface area is 170 Å². The second-order valence-corrected chi connectivity index (χ2v) is 8.29. The van der Waals surface area contributed by atoms with E-state index in [0.717, 1.165) is 71.2 Å². The summed E-state index contributed by atoms with van der Waals surface area (Å²) in [6, 6.07) is 0.382. The van der Waals surface area contributed by atoms with E-state index in [9.17, 15) is 9.59 Å². The molecule has 3 rings (SSSR count). The predicted molar refractivity (Wildman–Crippen MR) is 110 cm³/mol. The van der Waals surface area contributed by atoms with Crippen LogP contribution in [-0.2, 0) is 4.79 Å². The molecule has 0 aromatic carbocycles. The predicted octanol–water partition coefficient (Wildman–Crippen LogP) is 2.62. The summed E-state index contributed by atoms with van der Waals surface area (Å²) >= 11 is 0. The van der Waals surface area contributed by atoms with Gasteiger partial charge in [-0.25, -0.2) is 4.79 Å². The minimum absolute atomic E-state index is 0. The Morgan fingerprint density at radius 2 is 1.63 bits per heavy atom. The molecule has 3 aliphatic rings. The van der Waals surface area contributed by atoms with Gasteiger partial charge in [-0.2, -0.15) is 0 Å². The molecule has 2 heterocycles. The number of carbonyl (C=O) groups is 2. The molecule has 0 radical (unpaired) electrons. The number of hydrogen-bond acceptors (Lipinski definition) is 3. The summed E-state index contributed by atoms with van der Waals surface area (Å²) in [6.07, 6.45) is 8.68. The fraction of sp³-hybridized carbons (Fsp3) is 0.900. The van der Waals surface area contributed by atoms with Gasteiger partial charge in [0.2, 0.25) is 5.91 Å². The van der Waals surface area contributed by atoms with Crippen molar-refractivity contribution in [3.63, 3.8) is 0 Å². The molecule has 27 heavy (non-hydrogen) atoms. The molecule has 0 aromatic rings. The third-order valence-electron chi connectivity index (χ3n) is 6.35. The summed E-state index contributed by atoms with van der Waals surface area (Å²) in [4.78, 5) is 29.4. The molecule has 2 saturated heterocycles. The van der Waals surface area contributed by atoms with Crippen LogP contribution in [0.1, 0.15) is 58.3 Å². The lowest BCUT2D eigenvalue weighted by Gasteiger charge is -2.38. The van der Waals surface area contributed by atoms with Gasteiger partial charge in [0.1, 0.15) is 0 Å². The van der Waals surface area contributed by atoms with E-state index >= 15 is 0 Å². The second-order valence-electron chi connectivity index (χ2n) is 8.29. The lowest BCUT2D eigenvalue weighted by atomic mass is 9.93. The molecule has 7 heteroatoms. The Hall–Kier alpha value is -1.01. The summed E-state index contributed by atoms with van der Waals surface area (Å²) in [6.45, 7) is 7.34. The Kier molecular flexibility index (Phi) is 9.16. The van der Waals surface area contributed by atoms with Gasteiger partial charge in [0.15, 0.2) is 0 Å². The molecule has 1 aliphatic carbocycles. The molecule has 2 N–H and O–H groups in total. The van der Waals surface area contributed by atoms with Crippen LogP contribution in [0.25, 0.3) is 0 Å². The smallest absolute Gasteiger partial charge is 0.317 e. The topological polar surface area (TPSA) is 64.7 Å². The molecule has 1 saturated carbocycles. The molecular weight excluding hydrogens is 364 g/mol. The molecule has 156 valence electrons. The number of piperidine rings is 2. The van der Waals surface area contributed by atoms with E-state index in [2.05, 4.69) is 17.6 Å². The van der Waals surface area contributed by atoms with Crippen LogP contribution in [0.5, 0.6) is 0 Å². The Balaban J connectivity index is 0.00000261. The van der Waals surface area contributed by atoms with Gasteiger partial charge in [-0.1, -0.05) is 19.8 Å². The quantitative estimate of drug-likeness (QED) is 0.745. The Bertz CT molecular complexity index is 477. The lowest BCUT2D eigenvalue weighted by Crippen LogP contribution is -2.52. The van der Waals surface area contributed by atoms with Gasteiger partial charge >= 0.3 is 6.03 Å². The van der Waals surface area contributed by atoms with Crippen molar-refractivity contribution in [1.82, 2.24) is 20.4 Å². The van der Waals surface area contributed by atoms with E-state index in [1.165, 1.54) is 12.8 Å². The lowest BCUT2D eigenvalue weighted by molar-refractivity contribution is -0.138. The van der Waals surface area contributed by atoms with Crippen molar-refractivity contribution in [2.24, 2.45) is 11.8 Å². The SMILES string of the molecule is CCNCC1CCN(C(=O)C2CCCN(C(=O)NC3CCCC3)C2)CC1.Cl. The van der Waals surface area contributed by atoms with Crippen LogP contribution in [0, 0.1) is 11.8 Å². The van der Waals surface area contributed by atoms with Crippen LogP contribution in [0.2, 0.25) is 0 Å². The normalized spacial score (nSPS) is 24.6. The first-order chi connectivity index (χ1) is 12.7. The zero-order valence-electron chi connectivity index (χ0n) is 16.8. The van der Waals surface area contributed by atoms with Gasteiger partial charge in [0.05, 0.1) is 5.92 Å². The monoisotopic (exact) mass is 400 g/mol. The largest absolute Gasteiger partial charge is 0.342 e. The first-order valence-corrected chi connectivity index (χ1v) is 10.7. The van der Waals surface area contributed by atoms with Crippen LogP contribution < -0.4 is 10.6 Å². The van der Waals surface area contributed by atoms with Crippen molar-refractivity contribution in [3.05, 3.63) is 0 Å². The van der Waals surface area contributed by atoms with Crippen molar-refractivity contribution in [1.29, 1.82) is 0 Å². The van der Waals surface area contributed by atoms with Crippen molar-refractivity contribution < 1.29 is 9.59 Å². The maximum absolute atomic E-state index is 12.9. The van der Waals surface area contributed by atoms with Gasteiger partial charge in [0, 0.05) is 32.2 Å². The molecule has 6 nitrogen and oxygen atoms in total. The molecule has 1 unspecified atom stereocenters. The van der Waals surface area contributed by atoms with E-state index < -0.39 is 0 Å². The maximum Gasteiger partial charge on any atom is 0.317 e. The third kappa shape index (κ3) is 6.24. The van der Waals surface area contributed by atoms with Gasteiger partial charge in [-0.3, -0.25) is 4.79 Å². The van der Waals surface area contributed by atoms with Crippen LogP contribution in [0.3, 0.4) is 0 Å². The number of likely N-dealkylation sites (tertiary alicyclic amines) is 2.